The number of benzene rings is 1. The van der Waals surface area contributed by atoms with E-state index in [4.69, 9.17) is 4.42 Å². The molecule has 8 nitrogen and oxygen atoms in total. The molecule has 1 aromatic carbocycles. The van der Waals surface area contributed by atoms with Gasteiger partial charge in [-0.05, 0) is 43.0 Å². The Hall–Kier alpha value is -3.78. The lowest BCUT2D eigenvalue weighted by Gasteiger charge is -2.17. The molecule has 1 aliphatic carbocycles. The number of rotatable bonds is 7. The molecule has 0 unspecified atom stereocenters. The Balaban J connectivity index is 1.19. The molecule has 1 amide bonds. The number of carbonyl (C=O) groups is 1. The second-order valence-corrected chi connectivity index (χ2v) is 9.03. The Bertz CT molecular complexity index is 1280. The molecule has 2 aliphatic rings. The van der Waals surface area contributed by atoms with Crippen LogP contribution in [0.5, 0.6) is 0 Å². The fourth-order valence-electron chi connectivity index (χ4n) is 4.65. The quantitative estimate of drug-likeness (QED) is 0.457. The molecule has 1 saturated carbocycles. The summed E-state index contributed by atoms with van der Waals surface area (Å²) < 4.78 is 7.19. The van der Waals surface area contributed by atoms with Gasteiger partial charge in [0.25, 0.3) is 11.9 Å². The molecule has 2 fully saturated rings. The van der Waals surface area contributed by atoms with Gasteiger partial charge in [0.15, 0.2) is 5.76 Å². The Kier molecular flexibility index (Phi) is 5.43. The van der Waals surface area contributed by atoms with E-state index in [0.717, 1.165) is 44.6 Å². The largest absolute Gasteiger partial charge is 0.463 e. The topological polar surface area (TPSA) is 89.1 Å². The predicted octanol–water partition coefficient (Wildman–Crippen LogP) is 3.80. The number of amides is 1. The van der Waals surface area contributed by atoms with Gasteiger partial charge < -0.3 is 9.73 Å². The average Bonchev–Trinajstić information content (AvgIpc) is 3.25. The van der Waals surface area contributed by atoms with Crippen molar-refractivity contribution in [3.05, 3.63) is 84.0 Å². The first-order valence-corrected chi connectivity index (χ1v) is 11.8. The summed E-state index contributed by atoms with van der Waals surface area (Å²) in [7, 11) is 0. The second kappa shape index (κ2) is 8.87. The highest BCUT2D eigenvalue weighted by molar-refractivity contribution is 5.95. The van der Waals surface area contributed by atoms with Crippen molar-refractivity contribution in [3.8, 4) is 17.4 Å². The van der Waals surface area contributed by atoms with Crippen molar-refractivity contribution in [1.82, 2.24) is 30.0 Å². The number of nitrogens with one attached hydrogen (secondary N) is 1. The van der Waals surface area contributed by atoms with Gasteiger partial charge in [-0.25, -0.2) is 14.6 Å². The summed E-state index contributed by atoms with van der Waals surface area (Å²) in [4.78, 5) is 24.7. The molecule has 1 aliphatic heterocycles. The Labute approximate surface area is 197 Å². The second-order valence-electron chi connectivity index (χ2n) is 9.03. The zero-order valence-electron chi connectivity index (χ0n) is 18.8. The van der Waals surface area contributed by atoms with Crippen LogP contribution < -0.4 is 5.32 Å². The highest BCUT2D eigenvalue weighted by Gasteiger charge is 2.34. The number of hydrogen-bond donors (Lipinski definition) is 1. The number of carbonyl (C=O) groups excluding carboxylic acids is 1. The molecule has 0 radical (unpaired) electrons. The molecular weight excluding hydrogens is 428 g/mol. The van der Waals surface area contributed by atoms with E-state index in [1.54, 1.807) is 29.4 Å². The first-order chi connectivity index (χ1) is 16.7. The van der Waals surface area contributed by atoms with E-state index in [1.807, 2.05) is 18.2 Å². The first-order valence-electron chi connectivity index (χ1n) is 11.8. The summed E-state index contributed by atoms with van der Waals surface area (Å²) in [6.07, 6.45) is 7.99. The summed E-state index contributed by atoms with van der Waals surface area (Å²) >= 11 is 0. The molecular formula is C26H26N6O2. The van der Waals surface area contributed by atoms with Gasteiger partial charge in [-0.2, -0.15) is 5.10 Å². The minimum atomic E-state index is -0.0677. The third kappa shape index (κ3) is 4.24. The third-order valence-corrected chi connectivity index (χ3v) is 6.48. The molecule has 172 valence electrons. The average molecular weight is 455 g/mol. The number of nitrogens with zero attached hydrogens (tertiary/aromatic N) is 5. The van der Waals surface area contributed by atoms with Crippen LogP contribution in [0.2, 0.25) is 0 Å². The van der Waals surface area contributed by atoms with Crippen molar-refractivity contribution in [2.45, 2.75) is 37.8 Å². The number of aromatic nitrogens is 4. The van der Waals surface area contributed by atoms with Crippen molar-refractivity contribution in [1.29, 1.82) is 0 Å². The number of hydrogen-bond acceptors (Lipinski definition) is 6. The maximum atomic E-state index is 13.3. The summed E-state index contributed by atoms with van der Waals surface area (Å²) in [5.74, 6) is 1.35. The molecule has 8 heteroatoms. The Morgan fingerprint density at radius 3 is 2.76 bits per heavy atom. The maximum Gasteiger partial charge on any atom is 0.255 e. The van der Waals surface area contributed by atoms with Gasteiger partial charge in [-0.3, -0.25) is 9.69 Å². The van der Waals surface area contributed by atoms with Crippen LogP contribution in [0.25, 0.3) is 17.4 Å². The third-order valence-electron chi connectivity index (χ3n) is 6.48. The molecule has 1 N–H and O–H groups in total. The van der Waals surface area contributed by atoms with Crippen LogP contribution in [0.4, 0.5) is 0 Å². The van der Waals surface area contributed by atoms with E-state index in [2.05, 4.69) is 49.5 Å². The molecule has 0 spiro atoms. The summed E-state index contributed by atoms with van der Waals surface area (Å²) in [5, 5.41) is 7.77. The smallest absolute Gasteiger partial charge is 0.255 e. The van der Waals surface area contributed by atoms with E-state index >= 15 is 0 Å². The molecule has 1 saturated heterocycles. The van der Waals surface area contributed by atoms with E-state index < -0.39 is 0 Å². The molecule has 1 atom stereocenters. The monoisotopic (exact) mass is 454 g/mol. The Morgan fingerprint density at radius 2 is 1.97 bits per heavy atom. The zero-order chi connectivity index (χ0) is 22.9. The van der Waals surface area contributed by atoms with Gasteiger partial charge >= 0.3 is 0 Å². The molecule has 3 aromatic heterocycles. The van der Waals surface area contributed by atoms with Crippen LogP contribution in [-0.4, -0.2) is 49.7 Å². The van der Waals surface area contributed by atoms with Crippen LogP contribution in [0, 0.1) is 0 Å². The molecule has 4 heterocycles. The molecule has 34 heavy (non-hydrogen) atoms. The number of furan rings is 1. The van der Waals surface area contributed by atoms with E-state index in [-0.39, 0.29) is 11.9 Å². The van der Waals surface area contributed by atoms with Gasteiger partial charge in [0.1, 0.15) is 5.69 Å². The summed E-state index contributed by atoms with van der Waals surface area (Å²) in [6.45, 7) is 2.73. The predicted molar refractivity (Wildman–Crippen MR) is 126 cm³/mol. The lowest BCUT2D eigenvalue weighted by atomic mass is 10.1. The standard InChI is InChI=1S/C26H26N6O2/c33-25(29-20-11-13-31(17-20)16-18-5-2-1-3-6-18)21-15-28-32(24(21)19-8-9-19)26-27-12-10-22(30-26)23-7-4-14-34-23/h1-7,10,12,14-15,19-20H,8-9,11,13,16-17H2,(H,29,33)/t20-/m0/s1. The minimum absolute atomic E-state index is 0.0677. The Morgan fingerprint density at radius 1 is 1.09 bits per heavy atom. The highest BCUT2D eigenvalue weighted by Crippen LogP contribution is 2.42. The fraction of sp³-hybridized carbons (Fsp3) is 0.308. The van der Waals surface area contributed by atoms with Crippen molar-refractivity contribution < 1.29 is 9.21 Å². The first kappa shape index (κ1) is 20.8. The maximum absolute atomic E-state index is 13.3. The fourth-order valence-corrected chi connectivity index (χ4v) is 4.65. The van der Waals surface area contributed by atoms with Crippen molar-refractivity contribution in [2.24, 2.45) is 0 Å². The molecule has 6 rings (SSSR count). The lowest BCUT2D eigenvalue weighted by Crippen LogP contribution is -2.37. The van der Waals surface area contributed by atoms with Gasteiger partial charge in [-0.15, -0.1) is 0 Å². The van der Waals surface area contributed by atoms with Crippen molar-refractivity contribution >= 4 is 5.91 Å². The van der Waals surface area contributed by atoms with Crippen LogP contribution in [0.3, 0.4) is 0 Å². The van der Waals surface area contributed by atoms with Gasteiger partial charge in [0, 0.05) is 37.8 Å². The van der Waals surface area contributed by atoms with Crippen molar-refractivity contribution in [3.63, 3.8) is 0 Å². The van der Waals surface area contributed by atoms with Crippen LogP contribution in [0.1, 0.15) is 46.8 Å². The zero-order valence-corrected chi connectivity index (χ0v) is 18.8. The van der Waals surface area contributed by atoms with Gasteiger partial charge in [0.2, 0.25) is 0 Å². The molecule has 0 bridgehead atoms. The van der Waals surface area contributed by atoms with Crippen molar-refractivity contribution in [2.75, 3.05) is 13.1 Å². The lowest BCUT2D eigenvalue weighted by molar-refractivity contribution is 0.0936. The SMILES string of the molecule is O=C(N[C@H]1CCN(Cc2ccccc2)C1)c1cnn(-c2nccc(-c3ccco3)n2)c1C1CC1. The molecule has 4 aromatic rings. The highest BCUT2D eigenvalue weighted by atomic mass is 16.3. The summed E-state index contributed by atoms with van der Waals surface area (Å²) in [6, 6.07) is 16.1. The van der Waals surface area contributed by atoms with E-state index in [0.29, 0.717) is 28.9 Å². The summed E-state index contributed by atoms with van der Waals surface area (Å²) in [5.41, 5.74) is 3.50. The van der Waals surface area contributed by atoms with E-state index in [9.17, 15) is 4.79 Å². The normalized spacial score (nSPS) is 18.3. The van der Waals surface area contributed by atoms with Crippen LogP contribution in [-0.2, 0) is 6.54 Å². The van der Waals surface area contributed by atoms with Crippen LogP contribution >= 0.6 is 0 Å². The van der Waals surface area contributed by atoms with E-state index in [1.165, 1.54) is 5.56 Å². The van der Waals surface area contributed by atoms with Crippen LogP contribution in [0.15, 0.2) is 71.6 Å². The minimum Gasteiger partial charge on any atom is -0.463 e. The van der Waals surface area contributed by atoms with Gasteiger partial charge in [-0.1, -0.05) is 30.3 Å². The van der Waals surface area contributed by atoms with Gasteiger partial charge in [0.05, 0.1) is 23.7 Å². The number of likely N-dealkylation sites (tertiary alicyclic amines) is 1.